The highest BCUT2D eigenvalue weighted by atomic mass is 16.3. The van der Waals surface area contributed by atoms with Crippen molar-refractivity contribution in [3.63, 3.8) is 0 Å². The lowest BCUT2D eigenvalue weighted by Crippen LogP contribution is -2.31. The fraction of sp³-hybridized carbons (Fsp3) is 1.00. The quantitative estimate of drug-likeness (QED) is 0.733. The van der Waals surface area contributed by atoms with Crippen LogP contribution in [0.25, 0.3) is 0 Å². The molecule has 0 saturated heterocycles. The van der Waals surface area contributed by atoms with Gasteiger partial charge in [0.2, 0.25) is 0 Å². The van der Waals surface area contributed by atoms with E-state index in [1.807, 2.05) is 6.92 Å². The predicted molar refractivity (Wildman–Crippen MR) is 63.3 cm³/mol. The van der Waals surface area contributed by atoms with E-state index in [0.717, 1.165) is 6.42 Å². The molecular weight excluding hydrogens is 172 g/mol. The van der Waals surface area contributed by atoms with Crippen LogP contribution in [0.2, 0.25) is 0 Å². The molecule has 0 aliphatic rings. The van der Waals surface area contributed by atoms with E-state index in [1.54, 1.807) is 0 Å². The third-order valence-electron chi connectivity index (χ3n) is 2.90. The fourth-order valence-electron chi connectivity index (χ4n) is 1.99. The molecule has 0 fully saturated rings. The molecule has 0 heterocycles. The molecule has 0 aliphatic heterocycles. The summed E-state index contributed by atoms with van der Waals surface area (Å²) in [6, 6.07) is 0. The zero-order chi connectivity index (χ0) is 11.6. The summed E-state index contributed by atoms with van der Waals surface area (Å²) in [6.45, 7) is 15.3. The van der Waals surface area contributed by atoms with Crippen molar-refractivity contribution in [2.45, 2.75) is 67.4 Å². The normalized spacial score (nSPS) is 18.0. The summed E-state index contributed by atoms with van der Waals surface area (Å²) in [4.78, 5) is 0. The Balaban J connectivity index is 4.27. The van der Waals surface area contributed by atoms with Crippen molar-refractivity contribution in [3.05, 3.63) is 0 Å². The number of hydrogen-bond acceptors (Lipinski definition) is 1. The highest BCUT2D eigenvalue weighted by Crippen LogP contribution is 2.35. The smallest absolute Gasteiger partial charge is 0.0545 e. The van der Waals surface area contributed by atoms with Gasteiger partial charge >= 0.3 is 0 Å². The van der Waals surface area contributed by atoms with Gasteiger partial charge in [-0.3, -0.25) is 0 Å². The summed E-state index contributed by atoms with van der Waals surface area (Å²) >= 11 is 0. The maximum atomic E-state index is 9.74. The highest BCUT2D eigenvalue weighted by molar-refractivity contribution is 4.79. The molecule has 1 heteroatoms. The first-order chi connectivity index (χ1) is 6.04. The Morgan fingerprint density at radius 1 is 1.00 bits per heavy atom. The van der Waals surface area contributed by atoms with E-state index in [1.165, 1.54) is 6.42 Å². The lowest BCUT2D eigenvalue weighted by Gasteiger charge is -2.35. The average molecular weight is 200 g/mol. The molecule has 2 unspecified atom stereocenters. The van der Waals surface area contributed by atoms with Crippen LogP contribution in [0.4, 0.5) is 0 Å². The van der Waals surface area contributed by atoms with Crippen LogP contribution in [0.15, 0.2) is 0 Å². The topological polar surface area (TPSA) is 20.2 Å². The molecule has 1 nitrogen and oxygen atoms in total. The average Bonchev–Trinajstić information content (AvgIpc) is 1.79. The van der Waals surface area contributed by atoms with Gasteiger partial charge in [0.1, 0.15) is 0 Å². The first-order valence-electron chi connectivity index (χ1n) is 5.72. The standard InChI is InChI=1S/C13H28O/c1-10(14)11(13(5,6)7)8-9-12(2,3)4/h10-11,14H,8-9H2,1-7H3. The van der Waals surface area contributed by atoms with Gasteiger partial charge < -0.3 is 5.11 Å². The Morgan fingerprint density at radius 2 is 1.43 bits per heavy atom. The van der Waals surface area contributed by atoms with Gasteiger partial charge in [-0.25, -0.2) is 0 Å². The third-order valence-corrected chi connectivity index (χ3v) is 2.90. The van der Waals surface area contributed by atoms with Gasteiger partial charge in [-0.1, -0.05) is 41.5 Å². The van der Waals surface area contributed by atoms with Gasteiger partial charge in [-0.05, 0) is 36.5 Å². The Bertz CT molecular complexity index is 157. The van der Waals surface area contributed by atoms with E-state index >= 15 is 0 Å². The largest absolute Gasteiger partial charge is 0.393 e. The number of aliphatic hydroxyl groups is 1. The molecule has 0 aliphatic carbocycles. The summed E-state index contributed by atoms with van der Waals surface area (Å²) < 4.78 is 0. The van der Waals surface area contributed by atoms with Gasteiger partial charge in [-0.2, -0.15) is 0 Å². The van der Waals surface area contributed by atoms with Crippen molar-refractivity contribution >= 4 is 0 Å². The Morgan fingerprint density at radius 3 is 1.64 bits per heavy atom. The second-order valence-electron chi connectivity index (χ2n) is 6.81. The summed E-state index contributed by atoms with van der Waals surface area (Å²) in [5, 5.41) is 9.74. The van der Waals surface area contributed by atoms with E-state index in [-0.39, 0.29) is 11.5 Å². The minimum Gasteiger partial charge on any atom is -0.393 e. The van der Waals surface area contributed by atoms with Crippen LogP contribution in [0.3, 0.4) is 0 Å². The van der Waals surface area contributed by atoms with Gasteiger partial charge in [0.15, 0.2) is 0 Å². The maximum absolute atomic E-state index is 9.74. The van der Waals surface area contributed by atoms with Gasteiger partial charge in [-0.15, -0.1) is 0 Å². The Kier molecular flexibility index (Phi) is 4.64. The maximum Gasteiger partial charge on any atom is 0.0545 e. The first kappa shape index (κ1) is 14.0. The minimum absolute atomic E-state index is 0.197. The molecule has 14 heavy (non-hydrogen) atoms. The van der Waals surface area contributed by atoms with Crippen molar-refractivity contribution < 1.29 is 5.11 Å². The van der Waals surface area contributed by atoms with Crippen LogP contribution in [-0.2, 0) is 0 Å². The van der Waals surface area contributed by atoms with Gasteiger partial charge in [0.05, 0.1) is 6.10 Å². The van der Waals surface area contributed by atoms with Crippen LogP contribution in [0.1, 0.15) is 61.3 Å². The van der Waals surface area contributed by atoms with E-state index in [0.29, 0.717) is 11.3 Å². The molecule has 0 bridgehead atoms. The second kappa shape index (κ2) is 4.65. The second-order valence-corrected chi connectivity index (χ2v) is 6.81. The van der Waals surface area contributed by atoms with Crippen molar-refractivity contribution in [2.75, 3.05) is 0 Å². The van der Waals surface area contributed by atoms with Crippen molar-refractivity contribution in [1.82, 2.24) is 0 Å². The fourth-order valence-corrected chi connectivity index (χ4v) is 1.99. The molecule has 0 rings (SSSR count). The molecule has 0 amide bonds. The summed E-state index contributed by atoms with van der Waals surface area (Å²) in [5.74, 6) is 0.404. The molecule has 0 aromatic carbocycles. The van der Waals surface area contributed by atoms with E-state index in [2.05, 4.69) is 41.5 Å². The van der Waals surface area contributed by atoms with Crippen molar-refractivity contribution in [1.29, 1.82) is 0 Å². The number of aliphatic hydroxyl groups excluding tert-OH is 1. The lowest BCUT2D eigenvalue weighted by atomic mass is 9.73. The molecule has 0 aromatic heterocycles. The molecular formula is C13H28O. The van der Waals surface area contributed by atoms with Crippen LogP contribution in [0, 0.1) is 16.7 Å². The molecule has 0 aromatic rings. The molecule has 86 valence electrons. The molecule has 0 saturated carbocycles. The van der Waals surface area contributed by atoms with E-state index in [9.17, 15) is 5.11 Å². The third kappa shape index (κ3) is 5.64. The van der Waals surface area contributed by atoms with Crippen LogP contribution in [0.5, 0.6) is 0 Å². The van der Waals surface area contributed by atoms with E-state index in [4.69, 9.17) is 0 Å². The summed E-state index contributed by atoms with van der Waals surface area (Å²) in [6.07, 6.45) is 2.10. The monoisotopic (exact) mass is 200 g/mol. The lowest BCUT2D eigenvalue weighted by molar-refractivity contribution is 0.0431. The minimum atomic E-state index is -0.197. The number of rotatable bonds is 3. The molecule has 0 spiro atoms. The SMILES string of the molecule is CC(O)C(CCC(C)(C)C)C(C)(C)C. The van der Waals surface area contributed by atoms with Crippen LogP contribution in [-0.4, -0.2) is 11.2 Å². The van der Waals surface area contributed by atoms with Gasteiger partial charge in [0.25, 0.3) is 0 Å². The van der Waals surface area contributed by atoms with Crippen LogP contribution >= 0.6 is 0 Å². The Hall–Kier alpha value is -0.0400. The van der Waals surface area contributed by atoms with E-state index < -0.39 is 0 Å². The predicted octanol–water partition coefficient (Wildman–Crippen LogP) is 3.86. The zero-order valence-corrected chi connectivity index (χ0v) is 11.0. The van der Waals surface area contributed by atoms with Gasteiger partial charge in [0, 0.05) is 0 Å². The highest BCUT2D eigenvalue weighted by Gasteiger charge is 2.29. The molecule has 1 N–H and O–H groups in total. The van der Waals surface area contributed by atoms with Crippen molar-refractivity contribution in [3.8, 4) is 0 Å². The Labute approximate surface area is 89.9 Å². The number of hydrogen-bond donors (Lipinski definition) is 1. The molecule has 2 atom stereocenters. The van der Waals surface area contributed by atoms with Crippen LogP contribution < -0.4 is 0 Å². The zero-order valence-electron chi connectivity index (χ0n) is 11.0. The summed E-state index contributed by atoms with van der Waals surface area (Å²) in [7, 11) is 0. The summed E-state index contributed by atoms with van der Waals surface area (Å²) in [5.41, 5.74) is 0.581. The van der Waals surface area contributed by atoms with Crippen molar-refractivity contribution in [2.24, 2.45) is 16.7 Å². The molecule has 0 radical (unpaired) electrons. The first-order valence-corrected chi connectivity index (χ1v) is 5.72.